The van der Waals surface area contributed by atoms with Crippen LogP contribution in [0.4, 0.5) is 8.78 Å². The minimum absolute atomic E-state index is 0.0290. The Hall–Kier alpha value is -7.04. The summed E-state index contributed by atoms with van der Waals surface area (Å²) in [6.07, 6.45) is 5.93. The maximum atomic E-state index is 14.9. The van der Waals surface area contributed by atoms with Gasteiger partial charge in [0.05, 0.1) is 22.3 Å². The topological polar surface area (TPSA) is 173 Å². The SMILES string of the molecule is Cc1ccc(Cc2c(C)c(=O)oc3c(-c4cccc(CS(C)(=O)=O)c4C)c(C)n(C4CC4)c(=O)c23)c(F)c1.Cc1ccc(Cc2c(C)c(=O)oc3c(-c4cccc(CS(C)(=O)=O)c4C)c(C)n(C4CC4)c(=O)c23)c(F)c1. The first-order chi connectivity index (χ1) is 35.7. The fraction of sp³-hybridized carbons (Fsp3) is 0.333. The lowest BCUT2D eigenvalue weighted by Gasteiger charge is -2.20. The predicted molar refractivity (Wildman–Crippen MR) is 294 cm³/mol. The Morgan fingerprint density at radius 2 is 0.855 bits per heavy atom. The van der Waals surface area contributed by atoms with Crippen molar-refractivity contribution in [3.8, 4) is 22.3 Å². The number of pyridine rings is 2. The zero-order valence-corrected chi connectivity index (χ0v) is 45.9. The fourth-order valence-electron chi connectivity index (χ4n) is 10.6. The van der Waals surface area contributed by atoms with Crippen molar-refractivity contribution in [2.45, 2.75) is 118 Å². The molecule has 0 spiro atoms. The molecule has 2 aliphatic rings. The van der Waals surface area contributed by atoms with Gasteiger partial charge in [-0.2, -0.15) is 0 Å². The largest absolute Gasteiger partial charge is 0.422 e. The highest BCUT2D eigenvalue weighted by Gasteiger charge is 2.34. The third-order valence-corrected chi connectivity index (χ3v) is 16.6. The molecule has 0 aliphatic heterocycles. The lowest BCUT2D eigenvalue weighted by Crippen LogP contribution is -2.26. The van der Waals surface area contributed by atoms with Crippen LogP contribution >= 0.6 is 0 Å². The summed E-state index contributed by atoms with van der Waals surface area (Å²) in [5.74, 6) is -1.06. The zero-order valence-electron chi connectivity index (χ0n) is 44.3. The Morgan fingerprint density at radius 3 is 1.17 bits per heavy atom. The van der Waals surface area contributed by atoms with Crippen LogP contribution in [-0.2, 0) is 44.0 Å². The van der Waals surface area contributed by atoms with Crippen LogP contribution in [0, 0.1) is 67.0 Å². The van der Waals surface area contributed by atoms with Gasteiger partial charge in [0, 0.05) is 71.1 Å². The van der Waals surface area contributed by atoms with Gasteiger partial charge in [0.2, 0.25) is 0 Å². The van der Waals surface area contributed by atoms with Crippen LogP contribution in [0.15, 0.2) is 101 Å². The molecule has 0 bridgehead atoms. The van der Waals surface area contributed by atoms with Crippen LogP contribution in [-0.4, -0.2) is 38.5 Å². The van der Waals surface area contributed by atoms with Crippen molar-refractivity contribution in [1.82, 2.24) is 9.13 Å². The number of aryl methyl sites for hydroxylation is 2. The lowest BCUT2D eigenvalue weighted by molar-refractivity contribution is 0.549. The highest BCUT2D eigenvalue weighted by molar-refractivity contribution is 7.90. The highest BCUT2D eigenvalue weighted by atomic mass is 32.2. The van der Waals surface area contributed by atoms with Crippen molar-refractivity contribution < 1.29 is 34.5 Å². The van der Waals surface area contributed by atoms with Gasteiger partial charge in [-0.1, -0.05) is 60.7 Å². The summed E-state index contributed by atoms with van der Waals surface area (Å²) in [6, 6.07) is 20.7. The third kappa shape index (κ3) is 10.5. The van der Waals surface area contributed by atoms with Crippen LogP contribution in [0.2, 0.25) is 0 Å². The molecule has 0 atom stereocenters. The number of hydrogen-bond donors (Lipinski definition) is 0. The van der Waals surface area contributed by atoms with E-state index in [1.807, 2.05) is 39.8 Å². The Morgan fingerprint density at radius 1 is 0.500 bits per heavy atom. The van der Waals surface area contributed by atoms with Gasteiger partial charge in [0.1, 0.15) is 11.6 Å². The van der Waals surface area contributed by atoms with Gasteiger partial charge < -0.3 is 18.0 Å². The summed E-state index contributed by atoms with van der Waals surface area (Å²) in [4.78, 5) is 54.2. The average Bonchev–Trinajstić information content (AvgIpc) is 4.28. The summed E-state index contributed by atoms with van der Waals surface area (Å²) in [5.41, 5.74) is 9.00. The lowest BCUT2D eigenvalue weighted by atomic mass is 9.91. The van der Waals surface area contributed by atoms with E-state index in [1.54, 1.807) is 85.4 Å². The van der Waals surface area contributed by atoms with E-state index in [4.69, 9.17) is 8.83 Å². The van der Waals surface area contributed by atoms with Crippen molar-refractivity contribution in [2.75, 3.05) is 12.5 Å². The minimum Gasteiger partial charge on any atom is -0.422 e. The number of halogens is 2. The molecule has 12 nitrogen and oxygen atoms in total. The molecule has 0 unspecified atom stereocenters. The zero-order chi connectivity index (χ0) is 55.0. The molecule has 0 radical (unpaired) electrons. The molecule has 0 saturated heterocycles. The molecule has 4 heterocycles. The molecule has 4 aromatic carbocycles. The van der Waals surface area contributed by atoms with E-state index in [9.17, 15) is 44.8 Å². The monoisotopic (exact) mass is 1070 g/mol. The molecule has 76 heavy (non-hydrogen) atoms. The van der Waals surface area contributed by atoms with Crippen LogP contribution in [0.3, 0.4) is 0 Å². The van der Waals surface area contributed by atoms with Gasteiger partial charge in [-0.3, -0.25) is 9.59 Å². The smallest absolute Gasteiger partial charge is 0.339 e. The number of aromatic nitrogens is 2. The predicted octanol–water partition coefficient (Wildman–Crippen LogP) is 10.9. The van der Waals surface area contributed by atoms with Crippen molar-refractivity contribution in [3.63, 3.8) is 0 Å². The van der Waals surface area contributed by atoms with Crippen LogP contribution in [0.1, 0.15) is 116 Å². The number of fused-ring (bicyclic) bond motifs is 2. The molecule has 8 aromatic rings. The fourth-order valence-corrected chi connectivity index (χ4v) is 12.4. The van der Waals surface area contributed by atoms with Gasteiger partial charge >= 0.3 is 11.3 Å². The van der Waals surface area contributed by atoms with Gasteiger partial charge in [0.15, 0.2) is 30.8 Å². The second-order valence-corrected chi connectivity index (χ2v) is 25.3. The van der Waals surface area contributed by atoms with Crippen LogP contribution < -0.4 is 22.4 Å². The normalized spacial score (nSPS) is 13.8. The molecular formula is C60H60F2N2O10S2. The standard InChI is InChI=1S/2C30H30FNO5S/c2*1-16-9-10-20(25(31)13-16)14-24-18(3)30(34)37-28-26(19(4)32(22-11-12-22)29(33)27(24)28)23-8-6-7-21(17(23)2)15-38(5,35)36/h2*6-10,13,22H,11-12,14-15H2,1-5H3. The van der Waals surface area contributed by atoms with Gasteiger partial charge in [-0.25, -0.2) is 35.2 Å². The van der Waals surface area contributed by atoms with Crippen molar-refractivity contribution in [2.24, 2.45) is 0 Å². The maximum Gasteiger partial charge on any atom is 0.339 e. The maximum absolute atomic E-state index is 14.9. The first-order valence-corrected chi connectivity index (χ1v) is 29.3. The molecule has 396 valence electrons. The highest BCUT2D eigenvalue weighted by Crippen LogP contribution is 2.43. The van der Waals surface area contributed by atoms with Crippen molar-refractivity contribution in [3.05, 3.63) is 204 Å². The Bertz CT molecular complexity index is 3960. The number of hydrogen-bond acceptors (Lipinski definition) is 10. The molecule has 4 aromatic heterocycles. The summed E-state index contributed by atoms with van der Waals surface area (Å²) in [6.45, 7) is 14.1. The number of nitrogens with zero attached hydrogens (tertiary/aromatic N) is 2. The van der Waals surface area contributed by atoms with Gasteiger partial charge in [-0.15, -0.1) is 0 Å². The van der Waals surface area contributed by atoms with E-state index in [0.29, 0.717) is 67.0 Å². The quantitative estimate of drug-likeness (QED) is 0.115. The van der Waals surface area contributed by atoms with E-state index < -0.39 is 42.6 Å². The third-order valence-electron chi connectivity index (χ3n) is 15.0. The summed E-state index contributed by atoms with van der Waals surface area (Å²) in [7, 11) is -6.59. The average molecular weight is 1070 g/mol. The Balaban J connectivity index is 0.000000186. The molecule has 10 rings (SSSR count). The second-order valence-electron chi connectivity index (χ2n) is 21.0. The molecule has 0 amide bonds. The molecule has 2 aliphatic carbocycles. The molecule has 16 heteroatoms. The molecule has 2 fully saturated rings. The molecular weight excluding hydrogens is 1010 g/mol. The number of sulfone groups is 2. The second kappa shape index (κ2) is 20.2. The Labute approximate surface area is 439 Å². The first-order valence-electron chi connectivity index (χ1n) is 25.2. The summed E-state index contributed by atoms with van der Waals surface area (Å²) in [5, 5.41) is 0.532. The summed E-state index contributed by atoms with van der Waals surface area (Å²) >= 11 is 0. The van der Waals surface area contributed by atoms with E-state index in [-0.39, 0.29) is 80.6 Å². The van der Waals surface area contributed by atoms with Gasteiger partial charge in [0.25, 0.3) is 11.1 Å². The van der Waals surface area contributed by atoms with Gasteiger partial charge in [-0.05, 0) is 160 Å². The first kappa shape index (κ1) is 53.8. The van der Waals surface area contributed by atoms with E-state index >= 15 is 0 Å². The van der Waals surface area contributed by atoms with Crippen LogP contribution in [0.5, 0.6) is 0 Å². The van der Waals surface area contributed by atoms with Crippen LogP contribution in [0.25, 0.3) is 44.2 Å². The van der Waals surface area contributed by atoms with Crippen molar-refractivity contribution >= 4 is 41.6 Å². The summed E-state index contributed by atoms with van der Waals surface area (Å²) < 4.78 is 93.3. The Kier molecular flexibility index (Phi) is 14.3. The number of benzene rings is 4. The minimum atomic E-state index is -3.29. The number of rotatable bonds is 12. The molecule has 0 N–H and O–H groups in total. The van der Waals surface area contributed by atoms with E-state index in [1.165, 1.54) is 24.6 Å². The van der Waals surface area contributed by atoms with E-state index in [0.717, 1.165) is 47.9 Å². The van der Waals surface area contributed by atoms with E-state index in [2.05, 4.69) is 0 Å². The van der Waals surface area contributed by atoms with Crippen molar-refractivity contribution in [1.29, 1.82) is 0 Å². The molecule has 2 saturated carbocycles.